The third kappa shape index (κ3) is 1.29. The average Bonchev–Trinajstić information content (AvgIpc) is 2.47. The molecule has 0 unspecified atom stereocenters. The lowest BCUT2D eigenvalue weighted by Crippen LogP contribution is -1.99. The van der Waals surface area contributed by atoms with E-state index in [-0.39, 0.29) is 5.69 Å². The molecule has 0 fully saturated rings. The van der Waals surface area contributed by atoms with Gasteiger partial charge in [0.05, 0.1) is 5.39 Å². The molecule has 0 spiro atoms. The molecule has 2 aromatic rings. The van der Waals surface area contributed by atoms with E-state index in [0.29, 0.717) is 10.3 Å². The van der Waals surface area contributed by atoms with E-state index in [0.717, 1.165) is 5.39 Å². The molecular formula is C7H4BrN3O2. The van der Waals surface area contributed by atoms with Crippen LogP contribution in [0.1, 0.15) is 10.5 Å². The lowest BCUT2D eigenvalue weighted by Gasteiger charge is -1.91. The SMILES string of the molecule is O=C(O)c1ccc2c(Br)[nH]nc2n1. The Balaban J connectivity index is 2.70. The number of nitrogens with zero attached hydrogens (tertiary/aromatic N) is 2. The van der Waals surface area contributed by atoms with E-state index in [4.69, 9.17) is 5.11 Å². The van der Waals surface area contributed by atoms with Crippen LogP contribution in [0.3, 0.4) is 0 Å². The minimum Gasteiger partial charge on any atom is -0.477 e. The first-order valence-electron chi connectivity index (χ1n) is 3.42. The smallest absolute Gasteiger partial charge is 0.354 e. The number of rotatable bonds is 1. The first-order valence-corrected chi connectivity index (χ1v) is 4.21. The van der Waals surface area contributed by atoms with Crippen molar-refractivity contribution in [1.29, 1.82) is 0 Å². The van der Waals surface area contributed by atoms with Crippen LogP contribution in [-0.2, 0) is 0 Å². The largest absolute Gasteiger partial charge is 0.477 e. The van der Waals surface area contributed by atoms with Gasteiger partial charge in [-0.15, -0.1) is 0 Å². The molecule has 0 aromatic carbocycles. The van der Waals surface area contributed by atoms with Crippen molar-refractivity contribution < 1.29 is 9.90 Å². The van der Waals surface area contributed by atoms with Crippen molar-refractivity contribution in [1.82, 2.24) is 15.2 Å². The van der Waals surface area contributed by atoms with E-state index < -0.39 is 5.97 Å². The molecule has 0 amide bonds. The number of pyridine rings is 1. The number of carboxylic acid groups (broad SMARTS) is 1. The fraction of sp³-hybridized carbons (Fsp3) is 0. The average molecular weight is 242 g/mol. The highest BCUT2D eigenvalue weighted by Crippen LogP contribution is 2.19. The topological polar surface area (TPSA) is 78.9 Å². The highest BCUT2D eigenvalue weighted by Gasteiger charge is 2.08. The molecule has 0 atom stereocenters. The van der Waals surface area contributed by atoms with Crippen LogP contribution in [-0.4, -0.2) is 26.3 Å². The molecule has 0 radical (unpaired) electrons. The molecule has 13 heavy (non-hydrogen) atoms. The predicted octanol–water partition coefficient (Wildman–Crippen LogP) is 1.42. The lowest BCUT2D eigenvalue weighted by molar-refractivity contribution is 0.0691. The van der Waals surface area contributed by atoms with Gasteiger partial charge in [0, 0.05) is 0 Å². The number of aromatic carboxylic acids is 1. The van der Waals surface area contributed by atoms with Gasteiger partial charge in [-0.05, 0) is 28.1 Å². The second-order valence-electron chi connectivity index (χ2n) is 2.41. The molecular weight excluding hydrogens is 238 g/mol. The highest BCUT2D eigenvalue weighted by molar-refractivity contribution is 9.10. The molecule has 0 aliphatic heterocycles. The number of carbonyl (C=O) groups is 1. The summed E-state index contributed by atoms with van der Waals surface area (Å²) in [4.78, 5) is 14.4. The van der Waals surface area contributed by atoms with Crippen LogP contribution < -0.4 is 0 Å². The van der Waals surface area contributed by atoms with E-state index in [1.165, 1.54) is 6.07 Å². The molecule has 0 saturated carbocycles. The summed E-state index contributed by atoms with van der Waals surface area (Å²) in [6.07, 6.45) is 0. The number of halogens is 1. The summed E-state index contributed by atoms with van der Waals surface area (Å²) in [5.74, 6) is -1.05. The van der Waals surface area contributed by atoms with Crippen LogP contribution >= 0.6 is 15.9 Å². The van der Waals surface area contributed by atoms with Crippen molar-refractivity contribution in [2.75, 3.05) is 0 Å². The third-order valence-corrected chi connectivity index (χ3v) is 2.20. The molecule has 5 nitrogen and oxygen atoms in total. The van der Waals surface area contributed by atoms with Gasteiger partial charge in [0.2, 0.25) is 0 Å². The predicted molar refractivity (Wildman–Crippen MR) is 48.5 cm³/mol. The van der Waals surface area contributed by atoms with Crippen molar-refractivity contribution in [2.45, 2.75) is 0 Å². The Kier molecular flexibility index (Phi) is 1.77. The molecule has 2 rings (SSSR count). The maximum Gasteiger partial charge on any atom is 0.354 e. The van der Waals surface area contributed by atoms with Crippen LogP contribution in [0, 0.1) is 0 Å². The monoisotopic (exact) mass is 241 g/mol. The van der Waals surface area contributed by atoms with Crippen LogP contribution in [0.25, 0.3) is 11.0 Å². The fourth-order valence-electron chi connectivity index (χ4n) is 0.986. The molecule has 0 bridgehead atoms. The fourth-order valence-corrected chi connectivity index (χ4v) is 1.38. The van der Waals surface area contributed by atoms with Gasteiger partial charge in [-0.1, -0.05) is 0 Å². The second kappa shape index (κ2) is 2.81. The number of H-pyrrole nitrogens is 1. The summed E-state index contributed by atoms with van der Waals surface area (Å²) in [5, 5.41) is 15.9. The van der Waals surface area contributed by atoms with Gasteiger partial charge in [-0.2, -0.15) is 5.10 Å². The normalized spacial score (nSPS) is 10.5. The van der Waals surface area contributed by atoms with Gasteiger partial charge in [0.15, 0.2) is 11.3 Å². The quantitative estimate of drug-likeness (QED) is 0.792. The molecule has 2 heterocycles. The molecule has 0 aliphatic carbocycles. The van der Waals surface area contributed by atoms with Crippen LogP contribution in [0.4, 0.5) is 0 Å². The van der Waals surface area contributed by atoms with Crippen molar-refractivity contribution in [2.24, 2.45) is 0 Å². The van der Waals surface area contributed by atoms with Crippen molar-refractivity contribution >= 4 is 32.9 Å². The Bertz CT molecular complexity index is 480. The Morgan fingerprint density at radius 3 is 3.00 bits per heavy atom. The van der Waals surface area contributed by atoms with E-state index in [2.05, 4.69) is 31.1 Å². The van der Waals surface area contributed by atoms with Gasteiger partial charge in [0.25, 0.3) is 0 Å². The lowest BCUT2D eigenvalue weighted by atomic mass is 10.3. The Labute approximate surface area is 80.9 Å². The Hall–Kier alpha value is -1.43. The summed E-state index contributed by atoms with van der Waals surface area (Å²) >= 11 is 3.22. The number of fused-ring (bicyclic) bond motifs is 1. The standard InChI is InChI=1S/C7H4BrN3O2/c8-5-3-1-2-4(7(12)13)9-6(3)11-10-5/h1-2H,(H,12,13)(H,9,10,11). The van der Waals surface area contributed by atoms with E-state index in [1.807, 2.05) is 0 Å². The summed E-state index contributed by atoms with van der Waals surface area (Å²) in [6, 6.07) is 3.09. The van der Waals surface area contributed by atoms with Crippen LogP contribution in [0.5, 0.6) is 0 Å². The van der Waals surface area contributed by atoms with E-state index in [1.54, 1.807) is 6.07 Å². The highest BCUT2D eigenvalue weighted by atomic mass is 79.9. The summed E-state index contributed by atoms with van der Waals surface area (Å²) in [7, 11) is 0. The Morgan fingerprint density at radius 1 is 1.54 bits per heavy atom. The third-order valence-electron chi connectivity index (χ3n) is 1.59. The zero-order chi connectivity index (χ0) is 9.42. The zero-order valence-corrected chi connectivity index (χ0v) is 7.87. The molecule has 0 aliphatic rings. The first-order chi connectivity index (χ1) is 6.18. The maximum absolute atomic E-state index is 10.5. The number of aromatic nitrogens is 3. The van der Waals surface area contributed by atoms with Crippen molar-refractivity contribution in [3.63, 3.8) is 0 Å². The van der Waals surface area contributed by atoms with Gasteiger partial charge < -0.3 is 5.11 Å². The van der Waals surface area contributed by atoms with Crippen molar-refractivity contribution in [3.8, 4) is 0 Å². The number of carboxylic acids is 1. The summed E-state index contributed by atoms with van der Waals surface area (Å²) in [6.45, 7) is 0. The van der Waals surface area contributed by atoms with Gasteiger partial charge in [0.1, 0.15) is 4.60 Å². The zero-order valence-electron chi connectivity index (χ0n) is 6.28. The van der Waals surface area contributed by atoms with Crippen LogP contribution in [0.15, 0.2) is 16.7 Å². The second-order valence-corrected chi connectivity index (χ2v) is 3.20. The first kappa shape index (κ1) is 8.18. The van der Waals surface area contributed by atoms with E-state index in [9.17, 15) is 4.79 Å². The molecule has 6 heteroatoms. The summed E-state index contributed by atoms with van der Waals surface area (Å²) in [5.41, 5.74) is 0.387. The van der Waals surface area contributed by atoms with E-state index >= 15 is 0 Å². The number of nitrogens with one attached hydrogen (secondary N) is 1. The molecule has 2 N–H and O–H groups in total. The van der Waals surface area contributed by atoms with Gasteiger partial charge in [-0.3, -0.25) is 5.10 Å². The van der Waals surface area contributed by atoms with Crippen molar-refractivity contribution in [3.05, 3.63) is 22.4 Å². The number of hydrogen-bond acceptors (Lipinski definition) is 3. The molecule has 0 saturated heterocycles. The van der Waals surface area contributed by atoms with Gasteiger partial charge in [-0.25, -0.2) is 9.78 Å². The van der Waals surface area contributed by atoms with Gasteiger partial charge >= 0.3 is 5.97 Å². The maximum atomic E-state index is 10.5. The Morgan fingerprint density at radius 2 is 2.31 bits per heavy atom. The molecule has 66 valence electrons. The summed E-state index contributed by atoms with van der Waals surface area (Å²) < 4.78 is 0.701. The minimum absolute atomic E-state index is 0.00787. The number of aromatic amines is 1. The molecule has 2 aromatic heterocycles. The number of hydrogen-bond donors (Lipinski definition) is 2. The van der Waals surface area contributed by atoms with Crippen LogP contribution in [0.2, 0.25) is 0 Å². The minimum atomic E-state index is -1.05.